The van der Waals surface area contributed by atoms with E-state index in [1.807, 2.05) is 11.3 Å². The summed E-state index contributed by atoms with van der Waals surface area (Å²) < 4.78 is 2.31. The van der Waals surface area contributed by atoms with Crippen molar-refractivity contribution in [2.45, 2.75) is 32.4 Å². The minimum atomic E-state index is 0.481. The Hall–Kier alpha value is 0.320. The van der Waals surface area contributed by atoms with Gasteiger partial charge in [0.1, 0.15) is 0 Å². The van der Waals surface area contributed by atoms with Gasteiger partial charge in [0.2, 0.25) is 0 Å². The van der Waals surface area contributed by atoms with E-state index in [4.69, 9.17) is 0 Å². The van der Waals surface area contributed by atoms with Gasteiger partial charge < -0.3 is 5.32 Å². The van der Waals surface area contributed by atoms with Crippen LogP contribution in [0, 0.1) is 0 Å². The van der Waals surface area contributed by atoms with Gasteiger partial charge in [-0.3, -0.25) is 0 Å². The first-order valence-electron chi connectivity index (χ1n) is 5.91. The maximum Gasteiger partial charge on any atom is 0.0843 e. The topological polar surface area (TPSA) is 12.0 Å². The fourth-order valence-electron chi connectivity index (χ4n) is 1.83. The predicted molar refractivity (Wildman–Crippen MR) is 88.5 cm³/mol. The zero-order valence-electron chi connectivity index (χ0n) is 10.1. The Morgan fingerprint density at radius 2 is 2.22 bits per heavy atom. The van der Waals surface area contributed by atoms with E-state index in [2.05, 4.69) is 67.7 Å². The number of halogens is 2. The van der Waals surface area contributed by atoms with Crippen LogP contribution in [0.2, 0.25) is 0 Å². The summed E-state index contributed by atoms with van der Waals surface area (Å²) in [6.07, 6.45) is 2.39. The summed E-state index contributed by atoms with van der Waals surface area (Å²) in [5.41, 5.74) is 0. The third kappa shape index (κ3) is 3.90. The third-order valence-electron chi connectivity index (χ3n) is 2.68. The lowest BCUT2D eigenvalue weighted by atomic mass is 10.1. The summed E-state index contributed by atoms with van der Waals surface area (Å²) in [6.45, 7) is 3.16. The molecular weight excluding hydrogens is 394 g/mol. The molecule has 0 saturated carbocycles. The molecule has 1 nitrogen and oxygen atoms in total. The van der Waals surface area contributed by atoms with Crippen LogP contribution in [0.25, 0.3) is 0 Å². The van der Waals surface area contributed by atoms with Crippen LogP contribution >= 0.6 is 54.5 Å². The average Bonchev–Trinajstić information content (AvgIpc) is 2.96. The zero-order valence-corrected chi connectivity index (χ0v) is 14.9. The lowest BCUT2D eigenvalue weighted by molar-refractivity contribution is 0.503. The fourth-order valence-corrected chi connectivity index (χ4v) is 4.79. The maximum atomic E-state index is 3.66. The van der Waals surface area contributed by atoms with Crippen molar-refractivity contribution in [3.05, 3.63) is 41.6 Å². The van der Waals surface area contributed by atoms with Crippen molar-refractivity contribution in [3.63, 3.8) is 0 Å². The van der Waals surface area contributed by atoms with Crippen LogP contribution in [0.5, 0.6) is 0 Å². The highest BCUT2D eigenvalue weighted by atomic mass is 79.9. The molecule has 0 fully saturated rings. The van der Waals surface area contributed by atoms with Crippen LogP contribution in [-0.2, 0) is 6.54 Å². The lowest BCUT2D eigenvalue weighted by Crippen LogP contribution is -2.19. The third-order valence-corrected chi connectivity index (χ3v) is 6.93. The maximum absolute atomic E-state index is 3.66. The molecule has 5 heteroatoms. The van der Waals surface area contributed by atoms with Crippen LogP contribution in [0.4, 0.5) is 0 Å². The quantitative estimate of drug-likeness (QED) is 0.621. The highest BCUT2D eigenvalue weighted by molar-refractivity contribution is 9.13. The summed E-state index contributed by atoms with van der Waals surface area (Å²) in [6, 6.07) is 7.01. The molecule has 1 N–H and O–H groups in total. The van der Waals surface area contributed by atoms with Crippen molar-refractivity contribution in [2.24, 2.45) is 0 Å². The van der Waals surface area contributed by atoms with Gasteiger partial charge >= 0.3 is 0 Å². The largest absolute Gasteiger partial charge is 0.304 e. The average molecular weight is 409 g/mol. The second kappa shape index (κ2) is 7.20. The molecular formula is C13H15Br2NS2. The van der Waals surface area contributed by atoms with E-state index in [1.165, 1.54) is 26.4 Å². The first-order chi connectivity index (χ1) is 8.70. The summed E-state index contributed by atoms with van der Waals surface area (Å²) in [5.74, 6) is 0. The van der Waals surface area contributed by atoms with Gasteiger partial charge in [-0.25, -0.2) is 0 Å². The number of nitrogens with one attached hydrogen (secondary N) is 1. The molecule has 0 aliphatic carbocycles. The van der Waals surface area contributed by atoms with Gasteiger partial charge in [-0.05, 0) is 55.8 Å². The number of thiophene rings is 2. The molecule has 0 amide bonds. The van der Waals surface area contributed by atoms with E-state index in [0.29, 0.717) is 6.04 Å². The Bertz CT molecular complexity index is 460. The van der Waals surface area contributed by atoms with Gasteiger partial charge in [0.05, 0.1) is 3.79 Å². The van der Waals surface area contributed by atoms with Gasteiger partial charge in [-0.15, -0.1) is 22.7 Å². The standard InChI is InChI=1S/C13H15Br2NS2/c1-2-4-11(12-5-3-6-17-12)16-8-9-7-10(14)13(15)18-9/h3,5-7,11,16H,2,4,8H2,1H3. The van der Waals surface area contributed by atoms with Gasteiger partial charge in [0.15, 0.2) is 0 Å². The monoisotopic (exact) mass is 407 g/mol. The first-order valence-corrected chi connectivity index (χ1v) is 9.19. The predicted octanol–water partition coefficient (Wildman–Crippen LogP) is 5.97. The molecule has 0 saturated heterocycles. The number of hydrogen-bond donors (Lipinski definition) is 1. The van der Waals surface area contributed by atoms with Gasteiger partial charge in [0, 0.05) is 26.8 Å². The normalized spacial score (nSPS) is 12.8. The van der Waals surface area contributed by atoms with Gasteiger partial charge in [-0.1, -0.05) is 19.4 Å². The smallest absolute Gasteiger partial charge is 0.0843 e. The van der Waals surface area contributed by atoms with Crippen LogP contribution in [0.3, 0.4) is 0 Å². The summed E-state index contributed by atoms with van der Waals surface area (Å²) >= 11 is 10.7. The SMILES string of the molecule is CCCC(NCc1cc(Br)c(Br)s1)c1cccs1. The minimum Gasteiger partial charge on any atom is -0.304 e. The van der Waals surface area contributed by atoms with Crippen molar-refractivity contribution < 1.29 is 0 Å². The van der Waals surface area contributed by atoms with Crippen molar-refractivity contribution in [1.29, 1.82) is 0 Å². The van der Waals surface area contributed by atoms with Crippen molar-refractivity contribution in [2.75, 3.05) is 0 Å². The van der Waals surface area contributed by atoms with Gasteiger partial charge in [0.25, 0.3) is 0 Å². The molecule has 2 aromatic rings. The highest BCUT2D eigenvalue weighted by Crippen LogP contribution is 2.33. The molecule has 0 spiro atoms. The molecule has 0 radical (unpaired) electrons. The molecule has 98 valence electrons. The summed E-state index contributed by atoms with van der Waals surface area (Å²) in [5, 5.41) is 5.81. The molecule has 1 atom stereocenters. The Labute approximate surface area is 133 Å². The van der Waals surface area contributed by atoms with Crippen LogP contribution < -0.4 is 5.32 Å². The summed E-state index contributed by atoms with van der Waals surface area (Å²) in [4.78, 5) is 2.79. The minimum absolute atomic E-state index is 0.481. The van der Waals surface area contributed by atoms with Crippen molar-refractivity contribution >= 4 is 54.5 Å². The molecule has 2 aromatic heterocycles. The van der Waals surface area contributed by atoms with Gasteiger partial charge in [-0.2, -0.15) is 0 Å². The highest BCUT2D eigenvalue weighted by Gasteiger charge is 2.12. The van der Waals surface area contributed by atoms with E-state index in [9.17, 15) is 0 Å². The summed E-state index contributed by atoms with van der Waals surface area (Å²) in [7, 11) is 0. The van der Waals surface area contributed by atoms with Crippen LogP contribution in [0.15, 0.2) is 31.8 Å². The van der Waals surface area contributed by atoms with Crippen LogP contribution in [-0.4, -0.2) is 0 Å². The Morgan fingerprint density at radius 3 is 2.78 bits per heavy atom. The molecule has 2 rings (SSSR count). The molecule has 0 bridgehead atoms. The number of rotatable bonds is 6. The molecule has 0 aliphatic heterocycles. The van der Waals surface area contributed by atoms with E-state index in [-0.39, 0.29) is 0 Å². The van der Waals surface area contributed by atoms with Crippen molar-refractivity contribution in [3.8, 4) is 0 Å². The molecule has 2 heterocycles. The second-order valence-electron chi connectivity index (χ2n) is 4.07. The zero-order chi connectivity index (χ0) is 13.0. The Balaban J connectivity index is 1.97. The second-order valence-corrected chi connectivity index (χ2v) is 8.36. The Morgan fingerprint density at radius 1 is 1.39 bits per heavy atom. The number of hydrogen-bond acceptors (Lipinski definition) is 3. The van der Waals surface area contributed by atoms with Crippen LogP contribution in [0.1, 0.15) is 35.6 Å². The molecule has 18 heavy (non-hydrogen) atoms. The van der Waals surface area contributed by atoms with E-state index in [0.717, 1.165) is 11.0 Å². The first kappa shape index (κ1) is 14.7. The Kier molecular flexibility index (Phi) is 5.89. The van der Waals surface area contributed by atoms with Crippen molar-refractivity contribution in [1.82, 2.24) is 5.32 Å². The lowest BCUT2D eigenvalue weighted by Gasteiger charge is -2.16. The van der Waals surface area contributed by atoms with E-state index in [1.54, 1.807) is 11.3 Å². The molecule has 0 aliphatic rings. The molecule has 1 unspecified atom stereocenters. The van der Waals surface area contributed by atoms with E-state index < -0.39 is 0 Å². The fraction of sp³-hybridized carbons (Fsp3) is 0.385. The molecule has 0 aromatic carbocycles. The van der Waals surface area contributed by atoms with E-state index >= 15 is 0 Å².